The smallest absolute Gasteiger partial charge is 0.243 e. The van der Waals surface area contributed by atoms with E-state index in [0.717, 1.165) is 25.2 Å². The molecule has 0 aromatic rings. The molecule has 0 aliphatic heterocycles. The van der Waals surface area contributed by atoms with E-state index in [9.17, 15) is 4.79 Å². The second-order valence-corrected chi connectivity index (χ2v) is 6.33. The van der Waals surface area contributed by atoms with E-state index in [2.05, 4.69) is 17.5 Å². The molecule has 1 N–H and O–H groups in total. The van der Waals surface area contributed by atoms with Crippen molar-refractivity contribution in [1.82, 2.24) is 5.43 Å². The number of nitrogens with zero attached hydrogens (tertiary/aromatic N) is 1. The third-order valence-corrected chi connectivity index (χ3v) is 4.93. The van der Waals surface area contributed by atoms with E-state index in [1.807, 2.05) is 0 Å². The zero-order chi connectivity index (χ0) is 11.9. The number of hydrogen-bond donors (Lipinski definition) is 1. The van der Waals surface area contributed by atoms with Gasteiger partial charge in [-0.3, -0.25) is 4.79 Å². The minimum absolute atomic E-state index is 0.176. The van der Waals surface area contributed by atoms with Gasteiger partial charge in [0.15, 0.2) is 0 Å². The van der Waals surface area contributed by atoms with Gasteiger partial charge < -0.3 is 0 Å². The van der Waals surface area contributed by atoms with Gasteiger partial charge in [-0.25, -0.2) is 5.43 Å². The Bertz CT molecular complexity index is 357. The Balaban J connectivity index is 1.50. The number of carbonyl (C=O) groups excluding carboxylic acids is 1. The predicted molar refractivity (Wildman–Crippen MR) is 67.6 cm³/mol. The molecular weight excluding hydrogens is 212 g/mol. The summed E-state index contributed by atoms with van der Waals surface area (Å²) >= 11 is 0. The van der Waals surface area contributed by atoms with Gasteiger partial charge in [-0.05, 0) is 56.3 Å². The Morgan fingerprint density at radius 2 is 2.24 bits per heavy atom. The summed E-state index contributed by atoms with van der Waals surface area (Å²) in [5.74, 6) is 1.19. The van der Waals surface area contributed by atoms with Gasteiger partial charge in [0.05, 0.1) is 0 Å². The molecule has 94 valence electrons. The number of carbonyl (C=O) groups is 1. The van der Waals surface area contributed by atoms with Gasteiger partial charge in [-0.15, -0.1) is 0 Å². The fourth-order valence-electron chi connectivity index (χ4n) is 3.48. The number of amides is 1. The fraction of sp³-hybridized carbons (Fsp3) is 0.857. The Morgan fingerprint density at radius 1 is 1.41 bits per heavy atom. The summed E-state index contributed by atoms with van der Waals surface area (Å²) in [4.78, 5) is 11.9. The normalized spacial score (nSPS) is 36.6. The molecular formula is C14H22N2O. The van der Waals surface area contributed by atoms with Crippen LogP contribution >= 0.6 is 0 Å². The number of hydrogen-bond acceptors (Lipinski definition) is 2. The Kier molecular flexibility index (Phi) is 2.72. The Hall–Kier alpha value is -0.860. The van der Waals surface area contributed by atoms with Crippen LogP contribution in [0.15, 0.2) is 5.10 Å². The zero-order valence-corrected chi connectivity index (χ0v) is 10.7. The quantitative estimate of drug-likeness (QED) is 0.733. The van der Waals surface area contributed by atoms with Gasteiger partial charge in [-0.2, -0.15) is 5.10 Å². The largest absolute Gasteiger partial charge is 0.273 e. The first-order chi connectivity index (χ1) is 8.20. The van der Waals surface area contributed by atoms with Gasteiger partial charge in [-0.1, -0.05) is 13.3 Å². The van der Waals surface area contributed by atoms with E-state index >= 15 is 0 Å². The highest BCUT2D eigenvalue weighted by Gasteiger charge is 2.60. The first kappa shape index (κ1) is 11.2. The minimum atomic E-state index is 0.176. The first-order valence-electron chi connectivity index (χ1n) is 7.05. The molecule has 2 atom stereocenters. The molecule has 3 aliphatic carbocycles. The van der Waals surface area contributed by atoms with Gasteiger partial charge in [0.2, 0.25) is 5.91 Å². The lowest BCUT2D eigenvalue weighted by molar-refractivity contribution is -0.123. The maximum absolute atomic E-state index is 11.9. The molecule has 0 saturated heterocycles. The average molecular weight is 234 g/mol. The van der Waals surface area contributed by atoms with E-state index in [1.165, 1.54) is 37.8 Å². The Morgan fingerprint density at radius 3 is 2.82 bits per heavy atom. The highest BCUT2D eigenvalue weighted by Crippen LogP contribution is 2.65. The van der Waals surface area contributed by atoms with Crippen LogP contribution in [-0.4, -0.2) is 11.6 Å². The van der Waals surface area contributed by atoms with Crippen molar-refractivity contribution >= 4 is 11.6 Å². The van der Waals surface area contributed by atoms with Crippen LogP contribution in [0.2, 0.25) is 0 Å². The van der Waals surface area contributed by atoms with E-state index in [1.54, 1.807) is 0 Å². The van der Waals surface area contributed by atoms with Gasteiger partial charge >= 0.3 is 0 Å². The third-order valence-electron chi connectivity index (χ3n) is 4.93. The van der Waals surface area contributed by atoms with Crippen molar-refractivity contribution in [2.75, 3.05) is 0 Å². The summed E-state index contributed by atoms with van der Waals surface area (Å²) in [5, 5.41) is 4.34. The summed E-state index contributed by atoms with van der Waals surface area (Å²) in [6.07, 6.45) is 9.62. The van der Waals surface area contributed by atoms with Crippen molar-refractivity contribution in [2.45, 2.75) is 58.3 Å². The molecule has 0 aromatic heterocycles. The predicted octanol–water partition coefficient (Wildman–Crippen LogP) is 2.86. The molecule has 0 radical (unpaired) electrons. The maximum Gasteiger partial charge on any atom is 0.243 e. The zero-order valence-electron chi connectivity index (χ0n) is 10.7. The Labute approximate surface area is 103 Å². The minimum Gasteiger partial charge on any atom is -0.273 e. The summed E-state index contributed by atoms with van der Waals surface area (Å²) in [5.41, 5.74) is 4.42. The maximum atomic E-state index is 11.9. The molecule has 0 aromatic carbocycles. The summed E-state index contributed by atoms with van der Waals surface area (Å²) in [7, 11) is 0. The number of hydrazone groups is 1. The standard InChI is InChI=1S/C14H22N2O/c1-10-4-2-5-11(8-10)15-16-13(17)12-9-14(12)6-3-7-14/h10,12H,2-9H2,1H3,(H,16,17)/b15-11-. The topological polar surface area (TPSA) is 41.5 Å². The fourth-order valence-corrected chi connectivity index (χ4v) is 3.48. The second kappa shape index (κ2) is 4.11. The van der Waals surface area contributed by atoms with Crippen LogP contribution in [0.5, 0.6) is 0 Å². The van der Waals surface area contributed by atoms with Crippen molar-refractivity contribution in [3.8, 4) is 0 Å². The van der Waals surface area contributed by atoms with Crippen LogP contribution < -0.4 is 5.43 Å². The van der Waals surface area contributed by atoms with Crippen LogP contribution in [0.4, 0.5) is 0 Å². The molecule has 0 bridgehead atoms. The van der Waals surface area contributed by atoms with Crippen molar-refractivity contribution in [3.05, 3.63) is 0 Å². The lowest BCUT2D eigenvalue weighted by Gasteiger charge is -2.26. The molecule has 0 heterocycles. The van der Waals surface area contributed by atoms with E-state index in [4.69, 9.17) is 0 Å². The van der Waals surface area contributed by atoms with E-state index < -0.39 is 0 Å². The van der Waals surface area contributed by atoms with Crippen LogP contribution in [0, 0.1) is 17.3 Å². The number of rotatable bonds is 2. The highest BCUT2D eigenvalue weighted by atomic mass is 16.2. The molecule has 3 aliphatic rings. The van der Waals surface area contributed by atoms with Gasteiger partial charge in [0, 0.05) is 11.6 Å². The lowest BCUT2D eigenvalue weighted by atomic mass is 9.80. The molecule has 3 saturated carbocycles. The third kappa shape index (κ3) is 2.12. The SMILES string of the molecule is CC1CCC/C(=N/NC(=O)C2CC23CCC3)C1. The molecule has 1 amide bonds. The summed E-state index contributed by atoms with van der Waals surface area (Å²) < 4.78 is 0. The van der Waals surface area contributed by atoms with Crippen molar-refractivity contribution in [1.29, 1.82) is 0 Å². The van der Waals surface area contributed by atoms with Crippen molar-refractivity contribution in [3.63, 3.8) is 0 Å². The molecule has 2 unspecified atom stereocenters. The summed E-state index contributed by atoms with van der Waals surface area (Å²) in [6, 6.07) is 0. The lowest BCUT2D eigenvalue weighted by Crippen LogP contribution is -2.27. The average Bonchev–Trinajstić information content (AvgIpc) is 3.01. The summed E-state index contributed by atoms with van der Waals surface area (Å²) in [6.45, 7) is 2.26. The van der Waals surface area contributed by atoms with Crippen molar-refractivity contribution < 1.29 is 4.79 Å². The van der Waals surface area contributed by atoms with Crippen LogP contribution in [0.25, 0.3) is 0 Å². The molecule has 17 heavy (non-hydrogen) atoms. The van der Waals surface area contributed by atoms with E-state index in [-0.39, 0.29) is 11.8 Å². The number of nitrogens with one attached hydrogen (secondary N) is 1. The highest BCUT2D eigenvalue weighted by molar-refractivity contribution is 5.88. The molecule has 3 fully saturated rings. The molecule has 3 nitrogen and oxygen atoms in total. The monoisotopic (exact) mass is 234 g/mol. The van der Waals surface area contributed by atoms with Crippen LogP contribution in [0.3, 0.4) is 0 Å². The second-order valence-electron chi connectivity index (χ2n) is 6.33. The van der Waals surface area contributed by atoms with Gasteiger partial charge in [0.25, 0.3) is 0 Å². The molecule has 1 spiro atoms. The molecule has 3 heteroatoms. The van der Waals surface area contributed by atoms with Crippen molar-refractivity contribution in [2.24, 2.45) is 22.4 Å². The van der Waals surface area contributed by atoms with Crippen LogP contribution in [0.1, 0.15) is 58.3 Å². The van der Waals surface area contributed by atoms with E-state index in [0.29, 0.717) is 5.41 Å². The van der Waals surface area contributed by atoms with Crippen LogP contribution in [-0.2, 0) is 4.79 Å². The first-order valence-corrected chi connectivity index (χ1v) is 7.05. The molecule has 3 rings (SSSR count). The van der Waals surface area contributed by atoms with Gasteiger partial charge in [0.1, 0.15) is 0 Å².